The lowest BCUT2D eigenvalue weighted by Crippen LogP contribution is -2.16. The lowest BCUT2D eigenvalue weighted by Gasteiger charge is -2.05. The summed E-state index contributed by atoms with van der Waals surface area (Å²) in [5.74, 6) is -3.18. The first kappa shape index (κ1) is 15.6. The number of aromatic carboxylic acids is 1. The molecule has 20 heavy (non-hydrogen) atoms. The highest BCUT2D eigenvalue weighted by atomic mass is 16.6. The number of hydrogen-bond acceptors (Lipinski definition) is 5. The summed E-state index contributed by atoms with van der Waals surface area (Å²) in [5.41, 5.74) is -0.259. The topological polar surface area (TPSA) is 101 Å². The molecule has 0 fully saturated rings. The molecule has 106 valence electrons. The van der Waals surface area contributed by atoms with Crippen molar-refractivity contribution in [3.8, 4) is 0 Å². The van der Waals surface area contributed by atoms with E-state index in [0.717, 1.165) is 0 Å². The number of rotatable bonds is 5. The molecule has 1 aromatic carbocycles. The summed E-state index contributed by atoms with van der Waals surface area (Å²) in [6.07, 6.45) is 1.69. The summed E-state index contributed by atoms with van der Waals surface area (Å²) in [4.78, 5) is 34.3. The molecule has 0 spiro atoms. The maximum absolute atomic E-state index is 11.8. The third-order valence-electron chi connectivity index (χ3n) is 2.46. The highest BCUT2D eigenvalue weighted by Gasteiger charge is 2.20. The number of carboxylic acids is 1. The Morgan fingerprint density at radius 3 is 2.35 bits per heavy atom. The molecule has 2 N–H and O–H groups in total. The van der Waals surface area contributed by atoms with E-state index in [2.05, 4.69) is 4.74 Å². The number of aliphatic hydroxyl groups is 1. The highest BCUT2D eigenvalue weighted by molar-refractivity contribution is 6.07. The van der Waals surface area contributed by atoms with Crippen molar-refractivity contribution in [2.24, 2.45) is 0 Å². The number of esters is 2. The average molecular weight is 278 g/mol. The molecule has 0 atom stereocenters. The van der Waals surface area contributed by atoms with Gasteiger partial charge in [0, 0.05) is 12.2 Å². The van der Waals surface area contributed by atoms with Crippen LogP contribution in [0.25, 0.3) is 0 Å². The fraction of sp³-hybridized carbons (Fsp3) is 0.214. The summed E-state index contributed by atoms with van der Waals surface area (Å²) in [5, 5.41) is 17.6. The number of benzene rings is 1. The molecule has 0 radical (unpaired) electrons. The molecule has 0 saturated carbocycles. The van der Waals surface area contributed by atoms with Crippen molar-refractivity contribution in [2.45, 2.75) is 13.3 Å². The molecular formula is C14H14O6. The number of carboxylic acid groups (broad SMARTS) is 1. The van der Waals surface area contributed by atoms with Gasteiger partial charge in [0.15, 0.2) is 0 Å². The first-order chi connectivity index (χ1) is 9.47. The van der Waals surface area contributed by atoms with E-state index in [1.807, 2.05) is 0 Å². The molecule has 0 aliphatic rings. The van der Waals surface area contributed by atoms with Gasteiger partial charge in [-0.2, -0.15) is 0 Å². The van der Waals surface area contributed by atoms with Crippen LogP contribution in [0.3, 0.4) is 0 Å². The van der Waals surface area contributed by atoms with Gasteiger partial charge in [-0.1, -0.05) is 18.2 Å². The van der Waals surface area contributed by atoms with Gasteiger partial charge in [-0.25, -0.2) is 14.4 Å². The number of carbonyl (C=O) groups is 3. The van der Waals surface area contributed by atoms with Crippen molar-refractivity contribution in [1.82, 2.24) is 0 Å². The quantitative estimate of drug-likeness (QED) is 0.479. The van der Waals surface area contributed by atoms with Gasteiger partial charge in [0.2, 0.25) is 0 Å². The summed E-state index contributed by atoms with van der Waals surface area (Å²) >= 11 is 0. The standard InChI is InChI=1S/C14H14O6/c1-9(5-4-8-15)13(18)20-14(19)11-7-3-2-6-10(11)12(16)17/h2-3,5-7,15H,4,8H2,1H3,(H,16,17). The van der Waals surface area contributed by atoms with Crippen LogP contribution in [0.15, 0.2) is 35.9 Å². The predicted molar refractivity (Wildman–Crippen MR) is 69.3 cm³/mol. The monoisotopic (exact) mass is 278 g/mol. The van der Waals surface area contributed by atoms with E-state index in [4.69, 9.17) is 10.2 Å². The fourth-order valence-corrected chi connectivity index (χ4v) is 1.43. The van der Waals surface area contributed by atoms with E-state index in [1.165, 1.54) is 37.3 Å². The number of ether oxygens (including phenoxy) is 1. The van der Waals surface area contributed by atoms with Gasteiger partial charge in [-0.05, 0) is 25.5 Å². The number of carbonyl (C=O) groups excluding carboxylic acids is 2. The number of hydrogen-bond donors (Lipinski definition) is 2. The molecule has 0 aliphatic heterocycles. The normalized spacial score (nSPS) is 11.0. The van der Waals surface area contributed by atoms with Gasteiger partial charge in [-0.3, -0.25) is 0 Å². The van der Waals surface area contributed by atoms with Crippen LogP contribution in [0.1, 0.15) is 34.1 Å². The predicted octanol–water partition coefficient (Wildman–Crippen LogP) is 1.40. The van der Waals surface area contributed by atoms with Crippen molar-refractivity contribution in [1.29, 1.82) is 0 Å². The zero-order chi connectivity index (χ0) is 15.1. The Kier molecular flexibility index (Phi) is 5.61. The van der Waals surface area contributed by atoms with E-state index in [-0.39, 0.29) is 29.7 Å². The van der Waals surface area contributed by atoms with Crippen LogP contribution in [0.5, 0.6) is 0 Å². The summed E-state index contributed by atoms with van der Waals surface area (Å²) in [6.45, 7) is 1.31. The molecular weight excluding hydrogens is 264 g/mol. The van der Waals surface area contributed by atoms with E-state index in [0.29, 0.717) is 0 Å². The molecule has 0 unspecified atom stereocenters. The van der Waals surface area contributed by atoms with Crippen LogP contribution in [0.4, 0.5) is 0 Å². The van der Waals surface area contributed by atoms with Crippen LogP contribution >= 0.6 is 0 Å². The molecule has 1 aromatic rings. The third kappa shape index (κ3) is 4.03. The molecule has 6 heteroatoms. The third-order valence-corrected chi connectivity index (χ3v) is 2.46. The molecule has 0 amide bonds. The van der Waals surface area contributed by atoms with Crippen LogP contribution < -0.4 is 0 Å². The molecule has 0 aromatic heterocycles. The molecule has 0 bridgehead atoms. The van der Waals surface area contributed by atoms with Crippen molar-refractivity contribution < 1.29 is 29.3 Å². The summed E-state index contributed by atoms with van der Waals surface area (Å²) in [7, 11) is 0. The van der Waals surface area contributed by atoms with Crippen molar-refractivity contribution in [3.63, 3.8) is 0 Å². The van der Waals surface area contributed by atoms with Crippen LogP contribution in [-0.4, -0.2) is 34.7 Å². The molecule has 0 heterocycles. The molecule has 0 saturated heterocycles. The molecule has 0 aliphatic carbocycles. The maximum atomic E-state index is 11.8. The zero-order valence-corrected chi connectivity index (χ0v) is 10.8. The smallest absolute Gasteiger partial charge is 0.346 e. The summed E-state index contributed by atoms with van der Waals surface area (Å²) < 4.78 is 4.59. The first-order valence-corrected chi connectivity index (χ1v) is 5.83. The zero-order valence-electron chi connectivity index (χ0n) is 10.8. The van der Waals surface area contributed by atoms with Crippen molar-refractivity contribution in [3.05, 3.63) is 47.0 Å². The van der Waals surface area contributed by atoms with Gasteiger partial charge in [0.05, 0.1) is 11.1 Å². The van der Waals surface area contributed by atoms with Gasteiger partial charge < -0.3 is 14.9 Å². The van der Waals surface area contributed by atoms with Crippen LogP contribution in [-0.2, 0) is 9.53 Å². The van der Waals surface area contributed by atoms with Gasteiger partial charge in [0.25, 0.3) is 0 Å². The summed E-state index contributed by atoms with van der Waals surface area (Å²) in [6, 6.07) is 5.46. The minimum Gasteiger partial charge on any atom is -0.478 e. The Morgan fingerprint density at radius 1 is 1.20 bits per heavy atom. The first-order valence-electron chi connectivity index (χ1n) is 5.83. The van der Waals surface area contributed by atoms with E-state index >= 15 is 0 Å². The Morgan fingerprint density at radius 2 is 1.80 bits per heavy atom. The van der Waals surface area contributed by atoms with Crippen LogP contribution in [0, 0.1) is 0 Å². The van der Waals surface area contributed by atoms with E-state index in [9.17, 15) is 14.4 Å². The molecule has 6 nitrogen and oxygen atoms in total. The number of aliphatic hydroxyl groups excluding tert-OH is 1. The van der Waals surface area contributed by atoms with E-state index in [1.54, 1.807) is 0 Å². The van der Waals surface area contributed by atoms with Gasteiger partial charge in [0.1, 0.15) is 0 Å². The van der Waals surface area contributed by atoms with E-state index < -0.39 is 17.9 Å². The van der Waals surface area contributed by atoms with Crippen molar-refractivity contribution >= 4 is 17.9 Å². The lowest BCUT2D eigenvalue weighted by atomic mass is 10.1. The SMILES string of the molecule is CC(=CCCO)C(=O)OC(=O)c1ccccc1C(=O)O. The maximum Gasteiger partial charge on any atom is 0.346 e. The highest BCUT2D eigenvalue weighted by Crippen LogP contribution is 2.11. The molecule has 1 rings (SSSR count). The average Bonchev–Trinajstić information content (AvgIpc) is 2.44. The Balaban J connectivity index is 2.87. The second-order valence-corrected chi connectivity index (χ2v) is 3.93. The fourth-order valence-electron chi connectivity index (χ4n) is 1.43. The van der Waals surface area contributed by atoms with Crippen LogP contribution in [0.2, 0.25) is 0 Å². The lowest BCUT2D eigenvalue weighted by molar-refractivity contribution is -0.133. The minimum absolute atomic E-state index is 0.125. The Bertz CT molecular complexity index is 559. The minimum atomic E-state index is -1.28. The Labute approximate surface area is 115 Å². The van der Waals surface area contributed by atoms with Crippen molar-refractivity contribution in [2.75, 3.05) is 6.61 Å². The van der Waals surface area contributed by atoms with Gasteiger partial charge in [-0.15, -0.1) is 0 Å². The second kappa shape index (κ2) is 7.20. The van der Waals surface area contributed by atoms with Gasteiger partial charge >= 0.3 is 17.9 Å². The largest absolute Gasteiger partial charge is 0.478 e. The second-order valence-electron chi connectivity index (χ2n) is 3.93. The Hall–Kier alpha value is -2.47.